The Bertz CT molecular complexity index is 390. The molecule has 1 aliphatic heterocycles. The van der Waals surface area contributed by atoms with Crippen LogP contribution in [-0.4, -0.2) is 80.8 Å². The van der Waals surface area contributed by atoms with Crippen molar-refractivity contribution in [2.45, 2.75) is 45.7 Å². The second-order valence-corrected chi connectivity index (χ2v) is 8.15. The third-order valence-corrected chi connectivity index (χ3v) is 6.22. The Morgan fingerprint density at radius 1 is 1.19 bits per heavy atom. The van der Waals surface area contributed by atoms with Crippen LogP contribution in [0.3, 0.4) is 0 Å². The standard InChI is InChI=1S/C14H32N4O2S/c1-6-8-15-9-7-10-16(4)21(19,20)18-11-13(2)17(5)14(3)12-18/h13-15H,6-12H2,1-5H3. The largest absolute Gasteiger partial charge is 0.317 e. The summed E-state index contributed by atoms with van der Waals surface area (Å²) in [5, 5.41) is 3.30. The molecule has 126 valence electrons. The van der Waals surface area contributed by atoms with Crippen LogP contribution in [0.4, 0.5) is 0 Å². The molecule has 1 rings (SSSR count). The summed E-state index contributed by atoms with van der Waals surface area (Å²) in [5.41, 5.74) is 0. The molecular formula is C14H32N4O2S. The molecule has 0 aromatic heterocycles. The predicted molar refractivity (Wildman–Crippen MR) is 87.6 cm³/mol. The van der Waals surface area contributed by atoms with Gasteiger partial charge in [-0.3, -0.25) is 4.90 Å². The smallest absolute Gasteiger partial charge is 0.281 e. The van der Waals surface area contributed by atoms with Gasteiger partial charge >= 0.3 is 0 Å². The van der Waals surface area contributed by atoms with E-state index >= 15 is 0 Å². The Hall–Kier alpha value is -0.210. The van der Waals surface area contributed by atoms with Gasteiger partial charge in [0.25, 0.3) is 10.2 Å². The van der Waals surface area contributed by atoms with Gasteiger partial charge in [0.2, 0.25) is 0 Å². The second kappa shape index (κ2) is 8.43. The van der Waals surface area contributed by atoms with Crippen LogP contribution in [0, 0.1) is 0 Å². The highest BCUT2D eigenvalue weighted by Gasteiger charge is 2.35. The maximum absolute atomic E-state index is 12.6. The zero-order chi connectivity index (χ0) is 16.0. The number of rotatable bonds is 8. The number of nitrogens with zero attached hydrogens (tertiary/aromatic N) is 3. The van der Waals surface area contributed by atoms with Gasteiger partial charge in [-0.05, 0) is 46.8 Å². The van der Waals surface area contributed by atoms with E-state index in [2.05, 4.69) is 38.0 Å². The van der Waals surface area contributed by atoms with Crippen LogP contribution in [0.25, 0.3) is 0 Å². The van der Waals surface area contributed by atoms with Crippen molar-refractivity contribution in [1.29, 1.82) is 0 Å². The monoisotopic (exact) mass is 320 g/mol. The van der Waals surface area contributed by atoms with Crippen LogP contribution in [0.15, 0.2) is 0 Å². The van der Waals surface area contributed by atoms with Crippen molar-refractivity contribution in [3.63, 3.8) is 0 Å². The minimum Gasteiger partial charge on any atom is -0.317 e. The van der Waals surface area contributed by atoms with E-state index in [0.717, 1.165) is 25.9 Å². The van der Waals surface area contributed by atoms with E-state index < -0.39 is 10.2 Å². The maximum Gasteiger partial charge on any atom is 0.281 e. The van der Waals surface area contributed by atoms with E-state index in [4.69, 9.17) is 0 Å². The van der Waals surface area contributed by atoms with Gasteiger partial charge in [0.1, 0.15) is 0 Å². The Labute approximate surface area is 130 Å². The summed E-state index contributed by atoms with van der Waals surface area (Å²) in [4.78, 5) is 2.24. The average molecular weight is 321 g/mol. The van der Waals surface area contributed by atoms with Crippen LogP contribution in [0.2, 0.25) is 0 Å². The first kappa shape index (κ1) is 18.8. The third kappa shape index (κ3) is 5.17. The van der Waals surface area contributed by atoms with Crippen molar-refractivity contribution in [3.05, 3.63) is 0 Å². The van der Waals surface area contributed by atoms with E-state index in [9.17, 15) is 8.42 Å². The Kier molecular flexibility index (Phi) is 7.56. The summed E-state index contributed by atoms with van der Waals surface area (Å²) in [5.74, 6) is 0. The molecule has 1 heterocycles. The summed E-state index contributed by atoms with van der Waals surface area (Å²) < 4.78 is 28.4. The molecule has 2 atom stereocenters. The molecule has 0 aromatic carbocycles. The third-order valence-electron chi connectivity index (χ3n) is 4.30. The fraction of sp³-hybridized carbons (Fsp3) is 1.00. The Morgan fingerprint density at radius 3 is 2.29 bits per heavy atom. The molecule has 1 aliphatic rings. The Balaban J connectivity index is 2.51. The molecule has 2 unspecified atom stereocenters. The fourth-order valence-electron chi connectivity index (χ4n) is 2.59. The minimum absolute atomic E-state index is 0.253. The quantitative estimate of drug-likeness (QED) is 0.665. The lowest BCUT2D eigenvalue weighted by atomic mass is 10.1. The lowest BCUT2D eigenvalue weighted by Crippen LogP contribution is -2.58. The van der Waals surface area contributed by atoms with Crippen molar-refractivity contribution in [1.82, 2.24) is 18.8 Å². The van der Waals surface area contributed by atoms with Gasteiger partial charge in [0.05, 0.1) is 0 Å². The summed E-state index contributed by atoms with van der Waals surface area (Å²) >= 11 is 0. The first-order valence-electron chi connectivity index (χ1n) is 7.94. The molecule has 1 N–H and O–H groups in total. The van der Waals surface area contributed by atoms with E-state index in [1.807, 2.05) is 0 Å². The van der Waals surface area contributed by atoms with Gasteiger partial charge in [-0.15, -0.1) is 0 Å². The van der Waals surface area contributed by atoms with Gasteiger partial charge in [-0.25, -0.2) is 0 Å². The highest BCUT2D eigenvalue weighted by Crippen LogP contribution is 2.18. The SMILES string of the molecule is CCCNCCCN(C)S(=O)(=O)N1CC(C)N(C)C(C)C1. The number of hydrogen-bond acceptors (Lipinski definition) is 4. The minimum atomic E-state index is -3.33. The average Bonchev–Trinajstić information content (AvgIpc) is 2.43. The van der Waals surface area contributed by atoms with E-state index in [1.54, 1.807) is 11.4 Å². The molecule has 0 aliphatic carbocycles. The molecule has 6 nitrogen and oxygen atoms in total. The van der Waals surface area contributed by atoms with Gasteiger partial charge in [-0.2, -0.15) is 17.0 Å². The van der Waals surface area contributed by atoms with Gasteiger partial charge in [-0.1, -0.05) is 6.92 Å². The highest BCUT2D eigenvalue weighted by molar-refractivity contribution is 7.86. The molecule has 0 radical (unpaired) electrons. The van der Waals surface area contributed by atoms with E-state index in [0.29, 0.717) is 19.6 Å². The molecule has 0 bridgehead atoms. The van der Waals surface area contributed by atoms with Crippen LogP contribution < -0.4 is 5.32 Å². The van der Waals surface area contributed by atoms with Crippen LogP contribution in [-0.2, 0) is 10.2 Å². The topological polar surface area (TPSA) is 55.9 Å². The van der Waals surface area contributed by atoms with E-state index in [1.165, 1.54) is 4.31 Å². The molecule has 1 saturated heterocycles. The first-order chi connectivity index (χ1) is 9.80. The highest BCUT2D eigenvalue weighted by atomic mass is 32.2. The zero-order valence-corrected chi connectivity index (χ0v) is 15.0. The summed E-state index contributed by atoms with van der Waals surface area (Å²) in [6.07, 6.45) is 1.94. The van der Waals surface area contributed by atoms with Crippen molar-refractivity contribution in [3.8, 4) is 0 Å². The molecular weight excluding hydrogens is 288 g/mol. The number of nitrogens with one attached hydrogen (secondary N) is 1. The van der Waals surface area contributed by atoms with Gasteiger partial charge < -0.3 is 5.32 Å². The molecule has 21 heavy (non-hydrogen) atoms. The maximum atomic E-state index is 12.6. The fourth-order valence-corrected chi connectivity index (χ4v) is 4.15. The van der Waals surface area contributed by atoms with E-state index in [-0.39, 0.29) is 12.1 Å². The number of hydrogen-bond donors (Lipinski definition) is 1. The Morgan fingerprint density at radius 2 is 1.76 bits per heavy atom. The van der Waals surface area contributed by atoms with Crippen molar-refractivity contribution >= 4 is 10.2 Å². The zero-order valence-electron chi connectivity index (χ0n) is 14.2. The normalized spacial score (nSPS) is 25.6. The predicted octanol–water partition coefficient (Wildman–Crippen LogP) is 0.577. The molecule has 0 aromatic rings. The first-order valence-corrected chi connectivity index (χ1v) is 9.34. The summed E-state index contributed by atoms with van der Waals surface area (Å²) in [7, 11) is 0.409. The molecule has 0 saturated carbocycles. The number of likely N-dealkylation sites (N-methyl/N-ethyl adjacent to an activating group) is 1. The van der Waals surface area contributed by atoms with Crippen LogP contribution in [0.5, 0.6) is 0 Å². The van der Waals surface area contributed by atoms with Crippen LogP contribution >= 0.6 is 0 Å². The van der Waals surface area contributed by atoms with Crippen molar-refractivity contribution in [2.75, 3.05) is 46.8 Å². The van der Waals surface area contributed by atoms with Gasteiger partial charge in [0.15, 0.2) is 0 Å². The lowest BCUT2D eigenvalue weighted by Gasteiger charge is -2.42. The molecule has 0 amide bonds. The molecule has 0 spiro atoms. The molecule has 7 heteroatoms. The number of piperazine rings is 1. The van der Waals surface area contributed by atoms with Crippen LogP contribution in [0.1, 0.15) is 33.6 Å². The second-order valence-electron chi connectivity index (χ2n) is 6.11. The lowest BCUT2D eigenvalue weighted by molar-refractivity contribution is 0.102. The summed E-state index contributed by atoms with van der Waals surface area (Å²) in [6, 6.07) is 0.506. The van der Waals surface area contributed by atoms with Crippen molar-refractivity contribution in [2.24, 2.45) is 0 Å². The molecule has 1 fully saturated rings. The summed E-state index contributed by atoms with van der Waals surface area (Å²) in [6.45, 7) is 9.84. The van der Waals surface area contributed by atoms with Gasteiger partial charge in [0, 0.05) is 38.8 Å². The van der Waals surface area contributed by atoms with Crippen molar-refractivity contribution < 1.29 is 8.42 Å².